The van der Waals surface area contributed by atoms with Crippen LogP contribution < -0.4 is 5.32 Å². The molecular weight excluding hydrogens is 246 g/mol. The third-order valence-corrected chi connectivity index (χ3v) is 4.21. The van der Waals surface area contributed by atoms with E-state index in [0.29, 0.717) is 6.04 Å². The summed E-state index contributed by atoms with van der Waals surface area (Å²) in [6.45, 7) is 3.11. The molecule has 5 heteroatoms. The minimum atomic E-state index is 0.619. The molecule has 0 saturated carbocycles. The number of hydrogen-bond donors (Lipinski definition) is 1. The molecule has 0 amide bonds. The van der Waals surface area contributed by atoms with E-state index in [0.717, 1.165) is 36.1 Å². The second-order valence-electron chi connectivity index (χ2n) is 4.63. The zero-order valence-corrected chi connectivity index (χ0v) is 11.2. The number of oxazole rings is 1. The molecule has 4 nitrogen and oxygen atoms in total. The van der Waals surface area contributed by atoms with Gasteiger partial charge in [0.2, 0.25) is 5.89 Å². The van der Waals surface area contributed by atoms with Crippen LogP contribution in [0.4, 0.5) is 0 Å². The molecule has 3 heterocycles. The largest absolute Gasteiger partial charge is 0.444 e. The lowest BCUT2D eigenvalue weighted by Gasteiger charge is -2.13. The number of likely N-dealkylation sites (N-methyl/N-ethyl adjacent to an activating group) is 1. The zero-order chi connectivity index (χ0) is 12.4. The van der Waals surface area contributed by atoms with Crippen molar-refractivity contribution in [1.82, 2.24) is 15.2 Å². The maximum absolute atomic E-state index is 5.53. The molecule has 2 aromatic heterocycles. The van der Waals surface area contributed by atoms with Gasteiger partial charge >= 0.3 is 0 Å². The van der Waals surface area contributed by atoms with Crippen molar-refractivity contribution in [1.29, 1.82) is 0 Å². The van der Waals surface area contributed by atoms with E-state index in [4.69, 9.17) is 4.42 Å². The molecule has 3 rings (SSSR count). The summed E-state index contributed by atoms with van der Waals surface area (Å²) < 4.78 is 5.53. The van der Waals surface area contributed by atoms with E-state index in [2.05, 4.69) is 15.2 Å². The van der Waals surface area contributed by atoms with Gasteiger partial charge in [-0.15, -0.1) is 11.3 Å². The van der Waals surface area contributed by atoms with Gasteiger partial charge in [0, 0.05) is 25.7 Å². The molecule has 0 bridgehead atoms. The fourth-order valence-corrected chi connectivity index (χ4v) is 2.99. The van der Waals surface area contributed by atoms with Crippen LogP contribution in [-0.4, -0.2) is 36.1 Å². The average molecular weight is 263 g/mol. The summed E-state index contributed by atoms with van der Waals surface area (Å²) in [6, 6.07) is 4.67. The Kier molecular flexibility index (Phi) is 3.45. The molecule has 96 valence electrons. The molecule has 1 atom stereocenters. The summed E-state index contributed by atoms with van der Waals surface area (Å²) in [5.74, 6) is 0.740. The molecule has 1 aliphatic heterocycles. The Bertz CT molecular complexity index is 494. The first-order chi connectivity index (χ1) is 8.85. The molecule has 1 unspecified atom stereocenters. The lowest BCUT2D eigenvalue weighted by molar-refractivity contribution is 0.318. The van der Waals surface area contributed by atoms with E-state index < -0.39 is 0 Å². The van der Waals surface area contributed by atoms with Crippen LogP contribution in [0.3, 0.4) is 0 Å². The van der Waals surface area contributed by atoms with E-state index in [1.807, 2.05) is 24.6 Å². The van der Waals surface area contributed by atoms with Crippen molar-refractivity contribution >= 4 is 11.3 Å². The van der Waals surface area contributed by atoms with Gasteiger partial charge in [-0.05, 0) is 24.9 Å². The fourth-order valence-electron chi connectivity index (χ4n) is 2.33. The van der Waals surface area contributed by atoms with Crippen molar-refractivity contribution in [2.24, 2.45) is 0 Å². The van der Waals surface area contributed by atoms with Crippen molar-refractivity contribution in [3.63, 3.8) is 0 Å². The van der Waals surface area contributed by atoms with Crippen molar-refractivity contribution in [2.75, 3.05) is 20.1 Å². The second kappa shape index (κ2) is 5.22. The van der Waals surface area contributed by atoms with E-state index in [1.54, 1.807) is 17.6 Å². The Labute approximate surface area is 111 Å². The zero-order valence-electron chi connectivity index (χ0n) is 10.4. The number of hydrogen-bond acceptors (Lipinski definition) is 5. The lowest BCUT2D eigenvalue weighted by atomic mass is 10.3. The van der Waals surface area contributed by atoms with Crippen LogP contribution in [0.1, 0.15) is 12.1 Å². The van der Waals surface area contributed by atoms with Crippen LogP contribution in [-0.2, 0) is 6.54 Å². The highest BCUT2D eigenvalue weighted by molar-refractivity contribution is 7.13. The van der Waals surface area contributed by atoms with Crippen LogP contribution in [0.15, 0.2) is 28.2 Å². The molecule has 0 radical (unpaired) electrons. The molecule has 0 aromatic carbocycles. The third-order valence-electron chi connectivity index (χ3n) is 3.35. The minimum Gasteiger partial charge on any atom is -0.444 e. The van der Waals surface area contributed by atoms with Crippen LogP contribution in [0.5, 0.6) is 0 Å². The molecule has 18 heavy (non-hydrogen) atoms. The topological polar surface area (TPSA) is 41.3 Å². The van der Waals surface area contributed by atoms with Gasteiger partial charge in [0.05, 0.1) is 10.6 Å². The second-order valence-corrected chi connectivity index (χ2v) is 5.58. The molecule has 1 saturated heterocycles. The molecule has 1 N–H and O–H groups in total. The molecule has 0 aliphatic carbocycles. The normalized spacial score (nSPS) is 20.6. The number of nitrogens with one attached hydrogen (secondary N) is 1. The number of thiophene rings is 1. The van der Waals surface area contributed by atoms with Crippen LogP contribution in [0.25, 0.3) is 10.8 Å². The van der Waals surface area contributed by atoms with Gasteiger partial charge < -0.3 is 9.73 Å². The number of aromatic nitrogens is 1. The van der Waals surface area contributed by atoms with Gasteiger partial charge in [-0.2, -0.15) is 0 Å². The first kappa shape index (κ1) is 11.9. The van der Waals surface area contributed by atoms with Crippen molar-refractivity contribution < 1.29 is 4.42 Å². The highest BCUT2D eigenvalue weighted by Gasteiger charge is 2.21. The molecular formula is C13H17N3OS. The van der Waals surface area contributed by atoms with Crippen molar-refractivity contribution in [2.45, 2.75) is 19.0 Å². The summed E-state index contributed by atoms with van der Waals surface area (Å²) in [7, 11) is 2.03. The SMILES string of the molecule is CNC1CCN(Cc2coc(-c3cccs3)n2)C1. The Balaban J connectivity index is 1.64. The smallest absolute Gasteiger partial charge is 0.236 e. The predicted molar refractivity (Wildman–Crippen MR) is 72.6 cm³/mol. The molecule has 1 fully saturated rings. The van der Waals surface area contributed by atoms with Gasteiger partial charge in [0.15, 0.2) is 0 Å². The summed E-state index contributed by atoms with van der Waals surface area (Å²) in [5, 5.41) is 5.36. The van der Waals surface area contributed by atoms with Gasteiger partial charge in [0.1, 0.15) is 6.26 Å². The Hall–Kier alpha value is -1.17. The summed E-state index contributed by atoms with van der Waals surface area (Å²) >= 11 is 1.66. The van der Waals surface area contributed by atoms with Crippen molar-refractivity contribution in [3.05, 3.63) is 29.5 Å². The van der Waals surface area contributed by atoms with Gasteiger partial charge in [0.25, 0.3) is 0 Å². The molecule has 0 spiro atoms. The first-order valence-corrected chi connectivity index (χ1v) is 7.11. The van der Waals surface area contributed by atoms with Gasteiger partial charge in [-0.1, -0.05) is 6.07 Å². The first-order valence-electron chi connectivity index (χ1n) is 6.23. The highest BCUT2D eigenvalue weighted by Crippen LogP contribution is 2.24. The Morgan fingerprint density at radius 2 is 2.56 bits per heavy atom. The average Bonchev–Trinajstić information content (AvgIpc) is 3.10. The summed E-state index contributed by atoms with van der Waals surface area (Å²) in [4.78, 5) is 8.06. The lowest BCUT2D eigenvalue weighted by Crippen LogP contribution is -2.29. The monoisotopic (exact) mass is 263 g/mol. The van der Waals surface area contributed by atoms with E-state index in [1.165, 1.54) is 6.42 Å². The highest BCUT2D eigenvalue weighted by atomic mass is 32.1. The van der Waals surface area contributed by atoms with Gasteiger partial charge in [-0.25, -0.2) is 4.98 Å². The Morgan fingerprint density at radius 3 is 3.28 bits per heavy atom. The standard InChI is InChI=1S/C13H17N3OS/c1-14-10-4-5-16(7-10)8-11-9-17-13(15-11)12-3-2-6-18-12/h2-3,6,9-10,14H,4-5,7-8H2,1H3. The minimum absolute atomic E-state index is 0.619. The van der Waals surface area contributed by atoms with E-state index >= 15 is 0 Å². The fraction of sp³-hybridized carbons (Fsp3) is 0.462. The quantitative estimate of drug-likeness (QED) is 0.918. The van der Waals surface area contributed by atoms with Crippen LogP contribution in [0.2, 0.25) is 0 Å². The number of rotatable bonds is 4. The third kappa shape index (κ3) is 2.48. The number of likely N-dealkylation sites (tertiary alicyclic amines) is 1. The molecule has 1 aliphatic rings. The van der Waals surface area contributed by atoms with E-state index in [-0.39, 0.29) is 0 Å². The maximum atomic E-state index is 5.53. The van der Waals surface area contributed by atoms with Gasteiger partial charge in [-0.3, -0.25) is 4.90 Å². The summed E-state index contributed by atoms with van der Waals surface area (Å²) in [6.07, 6.45) is 2.99. The Morgan fingerprint density at radius 1 is 1.61 bits per heavy atom. The number of nitrogens with zero attached hydrogens (tertiary/aromatic N) is 2. The summed E-state index contributed by atoms with van der Waals surface area (Å²) in [5.41, 5.74) is 1.02. The van der Waals surface area contributed by atoms with Crippen LogP contribution in [0, 0.1) is 0 Å². The predicted octanol–water partition coefficient (Wildman–Crippen LogP) is 2.20. The van der Waals surface area contributed by atoms with Crippen molar-refractivity contribution in [3.8, 4) is 10.8 Å². The maximum Gasteiger partial charge on any atom is 0.236 e. The van der Waals surface area contributed by atoms with Crippen LogP contribution >= 0.6 is 11.3 Å². The molecule has 2 aromatic rings. The van der Waals surface area contributed by atoms with E-state index in [9.17, 15) is 0 Å².